The van der Waals surface area contributed by atoms with Crippen molar-refractivity contribution in [2.24, 2.45) is 13.0 Å². The van der Waals surface area contributed by atoms with Gasteiger partial charge in [-0.05, 0) is 99.6 Å². The van der Waals surface area contributed by atoms with Gasteiger partial charge in [-0.1, -0.05) is 21.9 Å². The van der Waals surface area contributed by atoms with Gasteiger partial charge in [0.05, 0.1) is 17.1 Å². The normalized spacial score (nSPS) is 19.2. The molecule has 192 valence electrons. The Morgan fingerprint density at radius 2 is 2.00 bits per heavy atom. The van der Waals surface area contributed by atoms with E-state index in [9.17, 15) is 14.7 Å². The first-order chi connectivity index (χ1) is 17.8. The Morgan fingerprint density at radius 1 is 1.22 bits per heavy atom. The quantitative estimate of drug-likeness (QED) is 0.390. The van der Waals surface area contributed by atoms with Crippen molar-refractivity contribution in [2.75, 3.05) is 4.90 Å². The van der Waals surface area contributed by atoms with E-state index < -0.39 is 11.9 Å². The lowest BCUT2D eigenvalue weighted by atomic mass is 9.87. The summed E-state index contributed by atoms with van der Waals surface area (Å²) in [5.74, 6) is 5.03. The zero-order valence-electron chi connectivity index (χ0n) is 21.1. The SMILES string of the molecule is CC#CC(=O)N(c1ccc2c(n1)c(O[C@@H]1CCC[C@@H](C(=O)O)C1)nn2C)c1cc(C)c(Br)cc1C1CC1. The summed E-state index contributed by atoms with van der Waals surface area (Å²) < 4.78 is 8.93. The molecule has 0 unspecified atom stereocenters. The van der Waals surface area contributed by atoms with Crippen molar-refractivity contribution in [1.29, 1.82) is 0 Å². The van der Waals surface area contributed by atoms with Crippen LogP contribution in [0.15, 0.2) is 28.7 Å². The predicted octanol–water partition coefficient (Wildman–Crippen LogP) is 5.63. The number of aliphatic carboxylic acids is 1. The number of fused-ring (bicyclic) bond motifs is 1. The number of pyridine rings is 1. The molecular weight excluding hydrogens is 536 g/mol. The van der Waals surface area contributed by atoms with Crippen LogP contribution in [0.2, 0.25) is 0 Å². The van der Waals surface area contributed by atoms with Gasteiger partial charge in [0.25, 0.3) is 5.88 Å². The van der Waals surface area contributed by atoms with E-state index in [4.69, 9.17) is 9.72 Å². The molecule has 9 heteroatoms. The highest BCUT2D eigenvalue weighted by atomic mass is 79.9. The highest BCUT2D eigenvalue weighted by molar-refractivity contribution is 9.10. The summed E-state index contributed by atoms with van der Waals surface area (Å²) in [5.41, 5.74) is 4.17. The molecule has 3 aromatic rings. The van der Waals surface area contributed by atoms with E-state index in [2.05, 4.69) is 38.9 Å². The Labute approximate surface area is 224 Å². The van der Waals surface area contributed by atoms with E-state index in [0.29, 0.717) is 36.0 Å². The Balaban J connectivity index is 1.58. The third-order valence-electron chi connectivity index (χ3n) is 7.14. The molecule has 2 aliphatic carbocycles. The van der Waals surface area contributed by atoms with Crippen LogP contribution in [-0.2, 0) is 16.6 Å². The first kappa shape index (κ1) is 25.3. The minimum Gasteiger partial charge on any atom is -0.481 e. The number of amides is 1. The second kappa shape index (κ2) is 10.2. The number of aryl methyl sites for hydroxylation is 2. The zero-order valence-corrected chi connectivity index (χ0v) is 22.7. The molecule has 5 rings (SSSR count). The molecule has 37 heavy (non-hydrogen) atoms. The number of hydrogen-bond acceptors (Lipinski definition) is 5. The van der Waals surface area contributed by atoms with Crippen LogP contribution in [0.25, 0.3) is 11.0 Å². The molecule has 0 radical (unpaired) electrons. The van der Waals surface area contributed by atoms with Crippen LogP contribution in [0, 0.1) is 24.7 Å². The number of aromatic nitrogens is 3. The summed E-state index contributed by atoms with van der Waals surface area (Å²) in [5, 5.41) is 14.0. The molecule has 1 aromatic carbocycles. The van der Waals surface area contributed by atoms with Crippen LogP contribution in [0.4, 0.5) is 11.5 Å². The van der Waals surface area contributed by atoms with E-state index in [1.54, 1.807) is 22.6 Å². The van der Waals surface area contributed by atoms with E-state index in [1.807, 2.05) is 26.1 Å². The van der Waals surface area contributed by atoms with Gasteiger partial charge in [0, 0.05) is 11.5 Å². The zero-order chi connectivity index (χ0) is 26.3. The average molecular weight is 565 g/mol. The maximum Gasteiger partial charge on any atom is 0.308 e. The maximum atomic E-state index is 13.4. The minimum atomic E-state index is -0.790. The number of hydrogen-bond donors (Lipinski definition) is 1. The van der Waals surface area contributed by atoms with Crippen molar-refractivity contribution in [3.8, 4) is 17.7 Å². The van der Waals surface area contributed by atoms with Crippen molar-refractivity contribution in [3.63, 3.8) is 0 Å². The number of carbonyl (C=O) groups excluding carboxylic acids is 1. The summed E-state index contributed by atoms with van der Waals surface area (Å²) >= 11 is 3.64. The Morgan fingerprint density at radius 3 is 2.70 bits per heavy atom. The lowest BCUT2D eigenvalue weighted by molar-refractivity contribution is -0.143. The highest BCUT2D eigenvalue weighted by Crippen LogP contribution is 2.47. The third-order valence-corrected chi connectivity index (χ3v) is 7.99. The van der Waals surface area contributed by atoms with E-state index in [1.165, 1.54) is 0 Å². The topological polar surface area (TPSA) is 97.6 Å². The lowest BCUT2D eigenvalue weighted by Gasteiger charge is -2.26. The molecule has 0 aliphatic heterocycles. The van der Waals surface area contributed by atoms with Gasteiger partial charge < -0.3 is 9.84 Å². The molecule has 1 amide bonds. The number of carboxylic acids is 1. The van der Waals surface area contributed by atoms with Gasteiger partial charge in [-0.25, -0.2) is 4.98 Å². The summed E-state index contributed by atoms with van der Waals surface area (Å²) in [4.78, 5) is 31.4. The van der Waals surface area contributed by atoms with E-state index in [0.717, 1.165) is 52.5 Å². The average Bonchev–Trinajstić information content (AvgIpc) is 3.67. The van der Waals surface area contributed by atoms with Crippen LogP contribution in [0.5, 0.6) is 5.88 Å². The van der Waals surface area contributed by atoms with Gasteiger partial charge in [-0.2, -0.15) is 0 Å². The smallest absolute Gasteiger partial charge is 0.308 e. The van der Waals surface area contributed by atoms with E-state index in [-0.39, 0.29) is 12.0 Å². The highest BCUT2D eigenvalue weighted by Gasteiger charge is 2.32. The van der Waals surface area contributed by atoms with Crippen molar-refractivity contribution >= 4 is 50.3 Å². The van der Waals surface area contributed by atoms with Gasteiger partial charge >= 0.3 is 11.9 Å². The lowest BCUT2D eigenvalue weighted by Crippen LogP contribution is -2.29. The number of ether oxygens (including phenoxy) is 1. The van der Waals surface area contributed by atoms with Crippen LogP contribution in [0.3, 0.4) is 0 Å². The van der Waals surface area contributed by atoms with Crippen molar-refractivity contribution in [2.45, 2.75) is 64.4 Å². The standard InChI is InChI=1S/C28H29BrN4O4/c1-4-6-25(34)33(23-13-16(2)21(29)15-20(23)17-9-10-17)24-12-11-22-26(30-24)27(31-32(22)3)37-19-8-5-7-18(14-19)28(35)36/h11-13,15,17-19H,5,7-10,14H2,1-3H3,(H,35,36)/t18-,19-/m1/s1. The summed E-state index contributed by atoms with van der Waals surface area (Å²) in [6.45, 7) is 3.64. The first-order valence-electron chi connectivity index (χ1n) is 12.6. The molecular formula is C28H29BrN4O4. The van der Waals surface area contributed by atoms with Crippen LogP contribution >= 0.6 is 15.9 Å². The minimum absolute atomic E-state index is 0.252. The number of anilines is 2. The number of nitrogens with zero attached hydrogens (tertiary/aromatic N) is 4. The Hall–Kier alpha value is -3.38. The number of benzene rings is 1. The molecule has 0 spiro atoms. The molecule has 0 bridgehead atoms. The molecule has 2 atom stereocenters. The first-order valence-corrected chi connectivity index (χ1v) is 13.4. The van der Waals surface area contributed by atoms with Crippen molar-refractivity contribution < 1.29 is 19.4 Å². The molecule has 1 N–H and O–H groups in total. The van der Waals surface area contributed by atoms with Gasteiger partial charge in [-0.15, -0.1) is 5.10 Å². The van der Waals surface area contributed by atoms with Crippen LogP contribution < -0.4 is 9.64 Å². The number of rotatable bonds is 6. The van der Waals surface area contributed by atoms with Gasteiger partial charge in [-0.3, -0.25) is 19.2 Å². The van der Waals surface area contributed by atoms with Crippen LogP contribution in [0.1, 0.15) is 62.5 Å². The molecule has 2 aliphatic rings. The molecule has 2 heterocycles. The van der Waals surface area contributed by atoms with Gasteiger partial charge in [0.15, 0.2) is 5.52 Å². The maximum absolute atomic E-state index is 13.4. The predicted molar refractivity (Wildman–Crippen MR) is 144 cm³/mol. The fourth-order valence-corrected chi connectivity index (χ4v) is 5.39. The molecule has 2 aromatic heterocycles. The largest absolute Gasteiger partial charge is 0.481 e. The van der Waals surface area contributed by atoms with Crippen molar-refractivity contribution in [3.05, 3.63) is 39.9 Å². The monoisotopic (exact) mass is 564 g/mol. The third kappa shape index (κ3) is 5.08. The number of carboxylic acid groups (broad SMARTS) is 1. The van der Waals surface area contributed by atoms with E-state index >= 15 is 0 Å². The second-order valence-corrected chi connectivity index (χ2v) is 10.7. The van der Waals surface area contributed by atoms with Crippen molar-refractivity contribution in [1.82, 2.24) is 14.8 Å². The molecule has 0 saturated heterocycles. The summed E-state index contributed by atoms with van der Waals surface area (Å²) in [6, 6.07) is 7.79. The molecule has 8 nitrogen and oxygen atoms in total. The Kier molecular flexibility index (Phi) is 6.95. The van der Waals surface area contributed by atoms with Gasteiger partial charge in [0.2, 0.25) is 0 Å². The fraction of sp³-hybridized carbons (Fsp3) is 0.429. The molecule has 2 saturated carbocycles. The summed E-state index contributed by atoms with van der Waals surface area (Å²) in [7, 11) is 1.81. The number of carbonyl (C=O) groups is 2. The summed E-state index contributed by atoms with van der Waals surface area (Å²) in [6.07, 6.45) is 4.55. The Bertz CT molecular complexity index is 1450. The molecule has 2 fully saturated rings. The fourth-order valence-electron chi connectivity index (χ4n) is 5.03. The number of halogens is 1. The van der Waals surface area contributed by atoms with Gasteiger partial charge in [0.1, 0.15) is 11.9 Å². The van der Waals surface area contributed by atoms with Crippen LogP contribution in [-0.4, -0.2) is 37.9 Å². The second-order valence-electron chi connectivity index (χ2n) is 9.86.